The maximum Gasteiger partial charge on any atom is 0.321 e. The zero-order valence-corrected chi connectivity index (χ0v) is 14.0. The summed E-state index contributed by atoms with van der Waals surface area (Å²) in [7, 11) is 1.79. The van der Waals surface area contributed by atoms with Crippen molar-refractivity contribution in [2.24, 2.45) is 0 Å². The largest absolute Gasteiger partial charge is 0.381 e. The summed E-state index contributed by atoms with van der Waals surface area (Å²) in [6, 6.07) is 6.12. The van der Waals surface area contributed by atoms with Crippen molar-refractivity contribution in [3.63, 3.8) is 0 Å². The Morgan fingerprint density at radius 1 is 1.29 bits per heavy atom. The van der Waals surface area contributed by atoms with Crippen LogP contribution in [0.4, 0.5) is 22.1 Å². The molecule has 7 nitrogen and oxygen atoms in total. The van der Waals surface area contributed by atoms with Gasteiger partial charge in [-0.1, -0.05) is 6.07 Å². The number of anilines is 3. The molecule has 24 heavy (non-hydrogen) atoms. The van der Waals surface area contributed by atoms with E-state index in [-0.39, 0.29) is 6.03 Å². The summed E-state index contributed by atoms with van der Waals surface area (Å²) in [4.78, 5) is 22.3. The minimum absolute atomic E-state index is 0.0375. The van der Waals surface area contributed by atoms with Crippen molar-refractivity contribution >= 4 is 23.4 Å². The summed E-state index contributed by atoms with van der Waals surface area (Å²) >= 11 is 0. The van der Waals surface area contributed by atoms with Gasteiger partial charge in [-0.05, 0) is 31.0 Å². The molecule has 0 saturated heterocycles. The SMILES string of the molecule is CCNC(=O)N1CCc2ccc(NCc3cnc(NC)nc3)cc21. The van der Waals surface area contributed by atoms with Crippen molar-refractivity contribution in [2.75, 3.05) is 35.7 Å². The lowest BCUT2D eigenvalue weighted by atomic mass is 10.1. The highest BCUT2D eigenvalue weighted by Gasteiger charge is 2.24. The Kier molecular flexibility index (Phi) is 4.79. The lowest BCUT2D eigenvalue weighted by Gasteiger charge is -2.18. The average molecular weight is 326 g/mol. The number of carbonyl (C=O) groups excluding carboxylic acids is 1. The van der Waals surface area contributed by atoms with E-state index in [0.29, 0.717) is 19.0 Å². The van der Waals surface area contributed by atoms with Crippen LogP contribution in [0, 0.1) is 0 Å². The van der Waals surface area contributed by atoms with Gasteiger partial charge in [0.05, 0.1) is 5.69 Å². The van der Waals surface area contributed by atoms with Gasteiger partial charge in [0.2, 0.25) is 5.95 Å². The molecule has 0 aliphatic carbocycles. The summed E-state index contributed by atoms with van der Waals surface area (Å²) in [6.45, 7) is 3.91. The normalized spacial score (nSPS) is 12.7. The van der Waals surface area contributed by atoms with Gasteiger partial charge in [0.1, 0.15) is 0 Å². The zero-order chi connectivity index (χ0) is 16.9. The fourth-order valence-corrected chi connectivity index (χ4v) is 2.73. The number of rotatable bonds is 5. The first-order valence-corrected chi connectivity index (χ1v) is 8.12. The number of amides is 2. The van der Waals surface area contributed by atoms with Crippen LogP contribution in [-0.4, -0.2) is 36.1 Å². The molecule has 0 spiro atoms. The van der Waals surface area contributed by atoms with E-state index in [0.717, 1.165) is 29.9 Å². The molecule has 2 amide bonds. The second-order valence-corrected chi connectivity index (χ2v) is 5.60. The first-order chi connectivity index (χ1) is 11.7. The number of nitrogens with one attached hydrogen (secondary N) is 3. The second-order valence-electron chi connectivity index (χ2n) is 5.60. The molecule has 126 valence electrons. The second kappa shape index (κ2) is 7.16. The topological polar surface area (TPSA) is 82.2 Å². The van der Waals surface area contributed by atoms with Gasteiger partial charge in [-0.25, -0.2) is 14.8 Å². The van der Waals surface area contributed by atoms with Gasteiger partial charge in [-0.15, -0.1) is 0 Å². The van der Waals surface area contributed by atoms with Crippen molar-refractivity contribution in [3.8, 4) is 0 Å². The highest BCUT2D eigenvalue weighted by molar-refractivity contribution is 5.94. The van der Waals surface area contributed by atoms with E-state index in [1.165, 1.54) is 5.56 Å². The summed E-state index contributed by atoms with van der Waals surface area (Å²) in [6.07, 6.45) is 4.48. The van der Waals surface area contributed by atoms with Crippen molar-refractivity contribution in [1.82, 2.24) is 15.3 Å². The number of benzene rings is 1. The number of carbonyl (C=O) groups is 1. The summed E-state index contributed by atoms with van der Waals surface area (Å²) in [5.41, 5.74) is 4.15. The van der Waals surface area contributed by atoms with E-state index in [1.54, 1.807) is 24.3 Å². The van der Waals surface area contributed by atoms with Crippen LogP contribution in [0.1, 0.15) is 18.1 Å². The molecule has 1 aromatic heterocycles. The molecule has 3 rings (SSSR count). The predicted molar refractivity (Wildman–Crippen MR) is 95.5 cm³/mol. The van der Waals surface area contributed by atoms with Crippen LogP contribution < -0.4 is 20.9 Å². The number of urea groups is 1. The van der Waals surface area contributed by atoms with E-state index >= 15 is 0 Å². The molecule has 0 bridgehead atoms. The lowest BCUT2D eigenvalue weighted by Crippen LogP contribution is -2.38. The zero-order valence-electron chi connectivity index (χ0n) is 14.0. The minimum atomic E-state index is -0.0375. The molecule has 1 aromatic carbocycles. The third-order valence-electron chi connectivity index (χ3n) is 3.98. The number of nitrogens with zero attached hydrogens (tertiary/aromatic N) is 3. The Hall–Kier alpha value is -2.83. The van der Waals surface area contributed by atoms with Crippen molar-refractivity contribution in [1.29, 1.82) is 0 Å². The summed E-state index contributed by atoms with van der Waals surface area (Å²) in [5, 5.41) is 9.12. The Labute approximate surface area is 141 Å². The van der Waals surface area contributed by atoms with Gasteiger partial charge in [-0.3, -0.25) is 4.90 Å². The molecular weight excluding hydrogens is 304 g/mol. The Morgan fingerprint density at radius 3 is 2.79 bits per heavy atom. The minimum Gasteiger partial charge on any atom is -0.381 e. The highest BCUT2D eigenvalue weighted by atomic mass is 16.2. The maximum atomic E-state index is 12.1. The molecule has 0 saturated carbocycles. The summed E-state index contributed by atoms with van der Waals surface area (Å²) < 4.78 is 0. The van der Waals surface area contributed by atoms with Gasteiger partial charge in [0.25, 0.3) is 0 Å². The van der Waals surface area contributed by atoms with E-state index < -0.39 is 0 Å². The van der Waals surface area contributed by atoms with Crippen LogP contribution >= 0.6 is 0 Å². The van der Waals surface area contributed by atoms with Crippen LogP contribution in [-0.2, 0) is 13.0 Å². The quantitative estimate of drug-likeness (QED) is 0.785. The third-order valence-corrected chi connectivity index (χ3v) is 3.98. The molecule has 1 aliphatic heterocycles. The predicted octanol–water partition coefficient (Wildman–Crippen LogP) is 2.22. The number of aromatic nitrogens is 2. The van der Waals surface area contributed by atoms with Gasteiger partial charge in [0, 0.05) is 50.3 Å². The lowest BCUT2D eigenvalue weighted by molar-refractivity contribution is 0.247. The maximum absolute atomic E-state index is 12.1. The molecule has 0 atom stereocenters. The first-order valence-electron chi connectivity index (χ1n) is 8.12. The first kappa shape index (κ1) is 16.0. The standard InChI is InChI=1S/C17H22N6O/c1-3-19-17(24)23-7-6-13-4-5-14(8-15(13)23)20-9-12-10-21-16(18-2)22-11-12/h4-5,8,10-11,20H,3,6-7,9H2,1-2H3,(H,19,24)(H,18,21,22). The van der Waals surface area contributed by atoms with E-state index in [9.17, 15) is 4.79 Å². The van der Waals surface area contributed by atoms with Crippen molar-refractivity contribution < 1.29 is 4.79 Å². The van der Waals surface area contributed by atoms with Crippen molar-refractivity contribution in [2.45, 2.75) is 19.9 Å². The molecular formula is C17H22N6O. The Morgan fingerprint density at radius 2 is 2.08 bits per heavy atom. The van der Waals surface area contributed by atoms with Gasteiger partial charge < -0.3 is 16.0 Å². The Bertz CT molecular complexity index is 716. The Balaban J connectivity index is 1.69. The molecule has 0 unspecified atom stereocenters. The van der Waals surface area contributed by atoms with Crippen LogP contribution in [0.25, 0.3) is 0 Å². The summed E-state index contributed by atoms with van der Waals surface area (Å²) in [5.74, 6) is 0.605. The molecule has 2 heterocycles. The van der Waals surface area contributed by atoms with Crippen LogP contribution in [0.2, 0.25) is 0 Å². The highest BCUT2D eigenvalue weighted by Crippen LogP contribution is 2.31. The van der Waals surface area contributed by atoms with Crippen LogP contribution in [0.3, 0.4) is 0 Å². The molecule has 3 N–H and O–H groups in total. The smallest absolute Gasteiger partial charge is 0.321 e. The third kappa shape index (κ3) is 3.40. The van der Waals surface area contributed by atoms with Gasteiger partial charge >= 0.3 is 6.03 Å². The monoisotopic (exact) mass is 326 g/mol. The van der Waals surface area contributed by atoms with Crippen molar-refractivity contribution in [3.05, 3.63) is 41.7 Å². The van der Waals surface area contributed by atoms with E-state index in [2.05, 4.69) is 32.0 Å². The molecule has 0 fully saturated rings. The molecule has 2 aromatic rings. The fourth-order valence-electron chi connectivity index (χ4n) is 2.73. The van der Waals surface area contributed by atoms with Gasteiger partial charge in [-0.2, -0.15) is 0 Å². The van der Waals surface area contributed by atoms with Gasteiger partial charge in [0.15, 0.2) is 0 Å². The number of hydrogen-bond acceptors (Lipinski definition) is 5. The van der Waals surface area contributed by atoms with E-state index in [4.69, 9.17) is 0 Å². The average Bonchev–Trinajstić information content (AvgIpc) is 3.04. The number of fused-ring (bicyclic) bond motifs is 1. The molecule has 1 aliphatic rings. The molecule has 0 radical (unpaired) electrons. The van der Waals surface area contributed by atoms with Crippen LogP contribution in [0.5, 0.6) is 0 Å². The fraction of sp³-hybridized carbons (Fsp3) is 0.353. The van der Waals surface area contributed by atoms with Crippen LogP contribution in [0.15, 0.2) is 30.6 Å². The molecule has 7 heteroatoms. The number of hydrogen-bond donors (Lipinski definition) is 3. The van der Waals surface area contributed by atoms with E-state index in [1.807, 2.05) is 19.1 Å².